The highest BCUT2D eigenvalue weighted by Gasteiger charge is 1.85. The molecule has 0 aromatic heterocycles. The van der Waals surface area contributed by atoms with Gasteiger partial charge in [-0.25, -0.2) is 5.32 Å². The monoisotopic (exact) mass is 132 g/mol. The van der Waals surface area contributed by atoms with Crippen molar-refractivity contribution in [3.05, 3.63) is 0 Å². The average molecular weight is 132 g/mol. The molecule has 0 bridgehead atoms. The molecule has 55 valence electrons. The third-order valence-corrected chi connectivity index (χ3v) is 0.856. The van der Waals surface area contributed by atoms with Crippen LogP contribution in [-0.4, -0.2) is 38.0 Å². The number of ether oxygens (including phenoxy) is 1. The largest absolute Gasteiger partial charge is 0.395 e. The Morgan fingerprint density at radius 3 is 2.78 bits per heavy atom. The predicted molar refractivity (Wildman–Crippen MR) is 35.4 cm³/mol. The number of nitrogens with zero attached hydrogens (tertiary/aromatic N) is 1. The molecule has 3 nitrogen and oxygen atoms in total. The van der Waals surface area contributed by atoms with E-state index in [9.17, 15) is 0 Å². The maximum Gasteiger partial charge on any atom is 0.0607 e. The molecule has 1 radical (unpaired) electrons. The number of hydrogen-bond acceptors (Lipinski definition) is 2. The quantitative estimate of drug-likeness (QED) is 0.501. The minimum atomic E-state index is 0.145. The fourth-order valence-corrected chi connectivity index (χ4v) is 0.456. The third kappa shape index (κ3) is 7.88. The van der Waals surface area contributed by atoms with Crippen LogP contribution in [0.25, 0.3) is 0 Å². The van der Waals surface area contributed by atoms with Gasteiger partial charge in [0.25, 0.3) is 0 Å². The molecule has 0 aliphatic carbocycles. The Hall–Kier alpha value is -0.120. The van der Waals surface area contributed by atoms with Crippen molar-refractivity contribution in [1.82, 2.24) is 5.32 Å². The zero-order valence-corrected chi connectivity index (χ0v) is 5.84. The van der Waals surface area contributed by atoms with E-state index in [-0.39, 0.29) is 6.61 Å². The van der Waals surface area contributed by atoms with Crippen molar-refractivity contribution in [2.24, 2.45) is 0 Å². The van der Waals surface area contributed by atoms with Crippen LogP contribution in [0.2, 0.25) is 0 Å². The molecule has 0 amide bonds. The molecule has 0 saturated heterocycles. The Bertz CT molecular complexity index is 44.3. The summed E-state index contributed by atoms with van der Waals surface area (Å²) < 4.78 is 5.00. The first kappa shape index (κ1) is 8.88. The fraction of sp³-hybridized carbons (Fsp3) is 1.00. The minimum Gasteiger partial charge on any atom is -0.395 e. The topological polar surface area (TPSA) is 43.6 Å². The van der Waals surface area contributed by atoms with Crippen LogP contribution in [0.5, 0.6) is 0 Å². The van der Waals surface area contributed by atoms with Crippen molar-refractivity contribution in [3.8, 4) is 0 Å². The number of rotatable bonds is 6. The molecule has 0 unspecified atom stereocenters. The maximum absolute atomic E-state index is 8.29. The highest BCUT2D eigenvalue weighted by atomic mass is 16.5. The molecule has 0 rings (SSSR count). The average Bonchev–Trinajstić information content (AvgIpc) is 1.89. The van der Waals surface area contributed by atoms with Gasteiger partial charge in [0.05, 0.1) is 13.2 Å². The lowest BCUT2D eigenvalue weighted by atomic mass is 10.6. The van der Waals surface area contributed by atoms with Crippen molar-refractivity contribution in [2.45, 2.75) is 6.92 Å². The van der Waals surface area contributed by atoms with Gasteiger partial charge in [0.2, 0.25) is 0 Å². The first-order valence-electron chi connectivity index (χ1n) is 3.23. The Morgan fingerprint density at radius 1 is 1.44 bits per heavy atom. The summed E-state index contributed by atoms with van der Waals surface area (Å²) in [6.45, 7) is 4.75. The lowest BCUT2D eigenvalue weighted by Crippen LogP contribution is -2.15. The van der Waals surface area contributed by atoms with E-state index in [1.54, 1.807) is 0 Å². The van der Waals surface area contributed by atoms with Crippen molar-refractivity contribution in [1.29, 1.82) is 0 Å². The first-order chi connectivity index (χ1) is 4.41. The van der Waals surface area contributed by atoms with Crippen LogP contribution in [0.4, 0.5) is 0 Å². The van der Waals surface area contributed by atoms with Crippen LogP contribution >= 0.6 is 0 Å². The van der Waals surface area contributed by atoms with Crippen LogP contribution in [0.1, 0.15) is 6.92 Å². The zero-order valence-electron chi connectivity index (χ0n) is 5.84. The molecule has 0 aliphatic rings. The van der Waals surface area contributed by atoms with Gasteiger partial charge >= 0.3 is 0 Å². The van der Waals surface area contributed by atoms with E-state index >= 15 is 0 Å². The van der Waals surface area contributed by atoms with E-state index < -0.39 is 0 Å². The summed E-state index contributed by atoms with van der Waals surface area (Å²) in [6, 6.07) is 0. The molecule has 0 fully saturated rings. The lowest BCUT2D eigenvalue weighted by Gasteiger charge is -1.98. The number of aliphatic hydroxyl groups excluding tert-OH is 1. The lowest BCUT2D eigenvalue weighted by molar-refractivity contribution is 0.147. The van der Waals surface area contributed by atoms with Gasteiger partial charge in [0, 0.05) is 19.7 Å². The third-order valence-electron chi connectivity index (χ3n) is 0.856. The van der Waals surface area contributed by atoms with Crippen LogP contribution in [0.15, 0.2) is 0 Å². The Labute approximate surface area is 56.0 Å². The van der Waals surface area contributed by atoms with E-state index in [1.165, 1.54) is 0 Å². The minimum absolute atomic E-state index is 0.145. The molecule has 9 heavy (non-hydrogen) atoms. The van der Waals surface area contributed by atoms with Gasteiger partial charge in [-0.2, -0.15) is 0 Å². The smallest absolute Gasteiger partial charge is 0.0607 e. The van der Waals surface area contributed by atoms with Crippen LogP contribution in [0.3, 0.4) is 0 Å². The SMILES string of the molecule is CCOCC[N]CCO. The van der Waals surface area contributed by atoms with Crippen molar-refractivity contribution in [3.63, 3.8) is 0 Å². The van der Waals surface area contributed by atoms with Gasteiger partial charge in [0.1, 0.15) is 0 Å². The van der Waals surface area contributed by atoms with Gasteiger partial charge in [-0.3, -0.25) is 0 Å². The van der Waals surface area contributed by atoms with Gasteiger partial charge in [-0.15, -0.1) is 0 Å². The molecule has 1 N–H and O–H groups in total. The van der Waals surface area contributed by atoms with Gasteiger partial charge in [-0.1, -0.05) is 0 Å². The molecule has 0 spiro atoms. The second kappa shape index (κ2) is 7.88. The van der Waals surface area contributed by atoms with Crippen LogP contribution in [0, 0.1) is 0 Å². The zero-order chi connectivity index (χ0) is 6.95. The highest BCUT2D eigenvalue weighted by Crippen LogP contribution is 1.70. The fourth-order valence-electron chi connectivity index (χ4n) is 0.456. The van der Waals surface area contributed by atoms with Gasteiger partial charge in [-0.05, 0) is 6.92 Å². The Balaban J connectivity index is 2.60. The molecule has 0 atom stereocenters. The van der Waals surface area contributed by atoms with Gasteiger partial charge < -0.3 is 9.84 Å². The molecule has 0 aromatic carbocycles. The molecule has 0 saturated carbocycles. The van der Waals surface area contributed by atoms with E-state index in [1.807, 2.05) is 6.92 Å². The predicted octanol–water partition coefficient (Wildman–Crippen LogP) is -0.380. The maximum atomic E-state index is 8.29. The van der Waals surface area contributed by atoms with Crippen molar-refractivity contribution in [2.75, 3.05) is 32.9 Å². The van der Waals surface area contributed by atoms with E-state index in [0.29, 0.717) is 19.7 Å². The summed E-state index contributed by atoms with van der Waals surface area (Å²) in [6.07, 6.45) is 0. The first-order valence-corrected chi connectivity index (χ1v) is 3.23. The van der Waals surface area contributed by atoms with E-state index in [4.69, 9.17) is 9.84 Å². The molecule has 0 aliphatic heterocycles. The van der Waals surface area contributed by atoms with Gasteiger partial charge in [0.15, 0.2) is 0 Å². The van der Waals surface area contributed by atoms with Crippen molar-refractivity contribution < 1.29 is 9.84 Å². The van der Waals surface area contributed by atoms with E-state index in [2.05, 4.69) is 5.32 Å². The molecule has 3 heteroatoms. The molecular formula is C6H14NO2. The molecular weight excluding hydrogens is 118 g/mol. The standard InChI is InChI=1S/C6H14NO2/c1-2-9-6-4-7-3-5-8/h8H,2-6H2,1H3. The second-order valence-electron chi connectivity index (χ2n) is 1.59. The summed E-state index contributed by atoms with van der Waals surface area (Å²) in [5.41, 5.74) is 0. The molecule has 0 heterocycles. The Morgan fingerprint density at radius 2 is 2.22 bits per heavy atom. The van der Waals surface area contributed by atoms with Crippen LogP contribution in [-0.2, 0) is 4.74 Å². The normalized spacial score (nSPS) is 10.0. The highest BCUT2D eigenvalue weighted by molar-refractivity contribution is 4.41. The Kier molecular flexibility index (Phi) is 7.77. The molecule has 0 aromatic rings. The van der Waals surface area contributed by atoms with Crippen molar-refractivity contribution >= 4 is 0 Å². The number of aliphatic hydroxyl groups is 1. The van der Waals surface area contributed by atoms with E-state index in [0.717, 1.165) is 6.61 Å². The second-order valence-corrected chi connectivity index (χ2v) is 1.59. The summed E-state index contributed by atoms with van der Waals surface area (Å²) in [4.78, 5) is 0. The van der Waals surface area contributed by atoms with Crippen LogP contribution < -0.4 is 5.32 Å². The summed E-state index contributed by atoms with van der Waals surface area (Å²) in [5.74, 6) is 0. The number of hydrogen-bond donors (Lipinski definition) is 1. The summed E-state index contributed by atoms with van der Waals surface area (Å²) >= 11 is 0. The summed E-state index contributed by atoms with van der Waals surface area (Å²) in [5, 5.41) is 12.2. The summed E-state index contributed by atoms with van der Waals surface area (Å²) in [7, 11) is 0.